The molecule has 0 saturated carbocycles. The van der Waals surface area contributed by atoms with Crippen molar-refractivity contribution in [1.29, 1.82) is 0 Å². The van der Waals surface area contributed by atoms with Crippen LogP contribution in [0.5, 0.6) is 0 Å². The molecule has 1 N–H and O–H groups in total. The number of aliphatic hydroxyl groups excluding tert-OH is 1. The maximum Gasteiger partial charge on any atom is 0.167 e. The summed E-state index contributed by atoms with van der Waals surface area (Å²) in [5.74, 6) is 0. The molecule has 0 radical (unpaired) electrons. The Morgan fingerprint density at radius 1 is 1.00 bits per heavy atom. The van der Waals surface area contributed by atoms with Crippen LogP contribution < -0.4 is 0 Å². The topological polar surface area (TPSA) is 35.9 Å². The van der Waals surface area contributed by atoms with Crippen LogP contribution in [-0.4, -0.2) is 60.5 Å². The molecule has 140 valence electrons. The molecule has 5 heteroatoms. The molecule has 1 aliphatic heterocycles. The summed E-state index contributed by atoms with van der Waals surface area (Å²) in [6.45, 7) is 7.92. The third kappa shape index (κ3) is 5.29. The first-order chi connectivity index (χ1) is 12.7. The highest BCUT2D eigenvalue weighted by molar-refractivity contribution is 6.33. The van der Waals surface area contributed by atoms with Gasteiger partial charge in [0.15, 0.2) is 6.29 Å². The molecule has 1 saturated heterocycles. The average molecular weight is 375 g/mol. The fourth-order valence-corrected chi connectivity index (χ4v) is 3.58. The smallest absolute Gasteiger partial charge is 0.167 e. The van der Waals surface area contributed by atoms with Crippen LogP contribution in [0, 0.1) is 0 Å². The van der Waals surface area contributed by atoms with Crippen LogP contribution in [0.4, 0.5) is 0 Å². The molecular formula is C21H27ClN2O2. The van der Waals surface area contributed by atoms with Crippen molar-refractivity contribution in [2.75, 3.05) is 39.3 Å². The predicted octanol–water partition coefficient (Wildman–Crippen LogP) is 3.48. The van der Waals surface area contributed by atoms with Crippen molar-refractivity contribution >= 4 is 11.6 Å². The van der Waals surface area contributed by atoms with E-state index in [9.17, 15) is 5.11 Å². The first-order valence-corrected chi connectivity index (χ1v) is 9.61. The highest BCUT2D eigenvalue weighted by Crippen LogP contribution is 2.27. The van der Waals surface area contributed by atoms with Crippen LogP contribution in [0.1, 0.15) is 12.5 Å². The van der Waals surface area contributed by atoms with Gasteiger partial charge in [0.2, 0.25) is 0 Å². The number of piperazine rings is 1. The van der Waals surface area contributed by atoms with E-state index in [1.807, 2.05) is 31.2 Å². The zero-order chi connectivity index (χ0) is 18.4. The molecular weight excluding hydrogens is 348 g/mol. The van der Waals surface area contributed by atoms with E-state index in [0.29, 0.717) is 13.2 Å². The number of β-amino-alcohol motifs (C(OH)–C–C–N with tert-alkyl or cyclic N) is 1. The van der Waals surface area contributed by atoms with Gasteiger partial charge >= 0.3 is 0 Å². The Morgan fingerprint density at radius 2 is 1.65 bits per heavy atom. The van der Waals surface area contributed by atoms with E-state index in [1.165, 1.54) is 5.56 Å². The lowest BCUT2D eigenvalue weighted by Crippen LogP contribution is -2.48. The Balaban J connectivity index is 1.50. The Labute approximate surface area is 160 Å². The van der Waals surface area contributed by atoms with E-state index >= 15 is 0 Å². The van der Waals surface area contributed by atoms with E-state index < -0.39 is 6.29 Å². The highest BCUT2D eigenvalue weighted by atomic mass is 35.5. The maximum absolute atomic E-state index is 9.76. The van der Waals surface area contributed by atoms with E-state index in [2.05, 4.69) is 34.1 Å². The number of rotatable bonds is 7. The van der Waals surface area contributed by atoms with Crippen LogP contribution in [-0.2, 0) is 11.3 Å². The van der Waals surface area contributed by atoms with Crippen molar-refractivity contribution in [2.24, 2.45) is 0 Å². The second-order valence-electron chi connectivity index (χ2n) is 6.66. The van der Waals surface area contributed by atoms with Crippen molar-refractivity contribution in [2.45, 2.75) is 19.8 Å². The first-order valence-electron chi connectivity index (χ1n) is 9.24. The second-order valence-corrected chi connectivity index (χ2v) is 7.07. The van der Waals surface area contributed by atoms with Gasteiger partial charge in [-0.1, -0.05) is 54.1 Å². The van der Waals surface area contributed by atoms with Gasteiger partial charge < -0.3 is 9.84 Å². The molecule has 0 aliphatic carbocycles. The number of hydrogen-bond donors (Lipinski definition) is 1. The van der Waals surface area contributed by atoms with Crippen LogP contribution in [0.3, 0.4) is 0 Å². The van der Waals surface area contributed by atoms with Gasteiger partial charge in [-0.25, -0.2) is 0 Å². The molecule has 1 atom stereocenters. The van der Waals surface area contributed by atoms with Crippen LogP contribution in [0.2, 0.25) is 5.02 Å². The van der Waals surface area contributed by atoms with Gasteiger partial charge in [-0.15, -0.1) is 0 Å². The molecule has 0 bridgehead atoms. The van der Waals surface area contributed by atoms with E-state index in [1.54, 1.807) is 0 Å². The molecule has 4 nitrogen and oxygen atoms in total. The summed E-state index contributed by atoms with van der Waals surface area (Å²) in [5.41, 5.74) is 3.53. The fraction of sp³-hybridized carbons (Fsp3) is 0.429. The van der Waals surface area contributed by atoms with Gasteiger partial charge in [0.25, 0.3) is 0 Å². The van der Waals surface area contributed by atoms with E-state index in [4.69, 9.17) is 16.3 Å². The van der Waals surface area contributed by atoms with Crippen molar-refractivity contribution in [1.82, 2.24) is 9.80 Å². The monoisotopic (exact) mass is 374 g/mol. The van der Waals surface area contributed by atoms with E-state index in [-0.39, 0.29) is 0 Å². The lowest BCUT2D eigenvalue weighted by molar-refractivity contribution is -0.113. The molecule has 1 heterocycles. The maximum atomic E-state index is 9.76. The summed E-state index contributed by atoms with van der Waals surface area (Å²) < 4.78 is 5.21. The van der Waals surface area contributed by atoms with Crippen LogP contribution >= 0.6 is 11.6 Å². The van der Waals surface area contributed by atoms with Gasteiger partial charge in [-0.05, 0) is 24.1 Å². The average Bonchev–Trinajstić information content (AvgIpc) is 2.65. The Hall–Kier alpha value is -1.43. The van der Waals surface area contributed by atoms with Gasteiger partial charge in [0.05, 0.1) is 0 Å². The number of ether oxygens (including phenoxy) is 1. The molecule has 1 fully saturated rings. The highest BCUT2D eigenvalue weighted by Gasteiger charge is 2.19. The Bertz CT molecular complexity index is 685. The largest absolute Gasteiger partial charge is 0.367 e. The van der Waals surface area contributed by atoms with Gasteiger partial charge in [-0.2, -0.15) is 0 Å². The number of halogens is 1. The molecule has 1 unspecified atom stereocenters. The minimum atomic E-state index is -0.677. The van der Waals surface area contributed by atoms with Crippen molar-refractivity contribution in [3.63, 3.8) is 0 Å². The quantitative estimate of drug-likeness (QED) is 0.753. The lowest BCUT2D eigenvalue weighted by Gasteiger charge is -2.35. The zero-order valence-corrected chi connectivity index (χ0v) is 16.0. The lowest BCUT2D eigenvalue weighted by atomic mass is 10.0. The summed E-state index contributed by atoms with van der Waals surface area (Å²) >= 11 is 6.28. The first kappa shape index (κ1) is 19.3. The normalized spacial score (nSPS) is 17.3. The second kappa shape index (κ2) is 9.49. The standard InChI is InChI=1S/C21H27ClN2O2/c1-2-26-21(25)16-24-13-11-23(12-14-24)15-17-7-9-18(10-8-17)19-5-3-4-6-20(19)22/h3-10,21,25H,2,11-16H2,1H3. The predicted molar refractivity (Wildman–Crippen MR) is 106 cm³/mol. The summed E-state index contributed by atoms with van der Waals surface area (Å²) in [4.78, 5) is 4.71. The molecule has 0 amide bonds. The SMILES string of the molecule is CCOC(O)CN1CCN(Cc2ccc(-c3ccccc3Cl)cc2)CC1. The Kier molecular flexibility index (Phi) is 7.06. The molecule has 3 rings (SSSR count). The van der Waals surface area contributed by atoms with Crippen LogP contribution in [0.15, 0.2) is 48.5 Å². The van der Waals surface area contributed by atoms with Crippen molar-refractivity contribution in [3.05, 3.63) is 59.1 Å². The van der Waals surface area contributed by atoms with E-state index in [0.717, 1.165) is 48.9 Å². The molecule has 26 heavy (non-hydrogen) atoms. The van der Waals surface area contributed by atoms with Crippen molar-refractivity contribution < 1.29 is 9.84 Å². The zero-order valence-electron chi connectivity index (χ0n) is 15.3. The summed E-state index contributed by atoms with van der Waals surface area (Å²) in [6, 6.07) is 16.6. The summed E-state index contributed by atoms with van der Waals surface area (Å²) in [7, 11) is 0. The number of aliphatic hydroxyl groups is 1. The minimum absolute atomic E-state index is 0.547. The van der Waals surface area contributed by atoms with Crippen LogP contribution in [0.25, 0.3) is 11.1 Å². The fourth-order valence-electron chi connectivity index (χ4n) is 3.34. The molecule has 1 aliphatic rings. The summed E-state index contributed by atoms with van der Waals surface area (Å²) in [5, 5.41) is 10.5. The Morgan fingerprint density at radius 3 is 2.31 bits per heavy atom. The molecule has 2 aromatic carbocycles. The van der Waals surface area contributed by atoms with Gasteiger partial charge in [0, 0.05) is 56.5 Å². The molecule has 2 aromatic rings. The number of hydrogen-bond acceptors (Lipinski definition) is 4. The molecule has 0 spiro atoms. The van der Waals surface area contributed by atoms with Crippen molar-refractivity contribution in [3.8, 4) is 11.1 Å². The molecule has 0 aromatic heterocycles. The minimum Gasteiger partial charge on any atom is -0.367 e. The number of benzene rings is 2. The van der Waals surface area contributed by atoms with Gasteiger partial charge in [0.1, 0.15) is 0 Å². The summed E-state index contributed by atoms with van der Waals surface area (Å²) in [6.07, 6.45) is -0.677. The number of nitrogens with zero attached hydrogens (tertiary/aromatic N) is 2. The van der Waals surface area contributed by atoms with Gasteiger partial charge in [-0.3, -0.25) is 9.80 Å². The third-order valence-corrected chi connectivity index (χ3v) is 5.11. The third-order valence-electron chi connectivity index (χ3n) is 4.78.